The van der Waals surface area contributed by atoms with Crippen molar-refractivity contribution in [3.63, 3.8) is 0 Å². The van der Waals surface area contributed by atoms with Gasteiger partial charge < -0.3 is 14.4 Å². The summed E-state index contributed by atoms with van der Waals surface area (Å²) >= 11 is 1.65. The molecule has 1 fully saturated rings. The first-order valence-electron chi connectivity index (χ1n) is 9.58. The van der Waals surface area contributed by atoms with E-state index in [4.69, 9.17) is 14.5 Å². The number of amidine groups is 1. The van der Waals surface area contributed by atoms with Gasteiger partial charge in [-0.25, -0.2) is 8.42 Å². The van der Waals surface area contributed by atoms with Gasteiger partial charge in [0.25, 0.3) is 0 Å². The Kier molecular flexibility index (Phi) is 6.01. The molecule has 0 saturated carbocycles. The first-order valence-corrected chi connectivity index (χ1v) is 12.4. The fraction of sp³-hybridized carbons (Fsp3) is 0.381. The summed E-state index contributed by atoms with van der Waals surface area (Å²) < 4.78 is 35.4. The first-order chi connectivity index (χ1) is 14.1. The molecule has 0 aliphatic carbocycles. The van der Waals surface area contributed by atoms with Crippen LogP contribution >= 0.6 is 11.8 Å². The number of methoxy groups -OCH3 is 1. The summed E-state index contributed by atoms with van der Waals surface area (Å²) in [6, 6.07) is 17.1. The van der Waals surface area contributed by atoms with Crippen molar-refractivity contribution in [3.8, 4) is 11.5 Å². The number of thioether (sulfide) groups is 1. The van der Waals surface area contributed by atoms with Crippen molar-refractivity contribution in [1.82, 2.24) is 0 Å². The molecular weight excluding hydrogens is 408 g/mol. The lowest BCUT2D eigenvalue weighted by Crippen LogP contribution is -2.39. The Balaban J connectivity index is 1.42. The lowest BCUT2D eigenvalue weighted by molar-refractivity contribution is 0.319. The van der Waals surface area contributed by atoms with Crippen molar-refractivity contribution in [3.05, 3.63) is 54.6 Å². The van der Waals surface area contributed by atoms with Crippen LogP contribution < -0.4 is 14.4 Å². The SMILES string of the molecule is COc1cccc(N2C(SCCCOc3ccccc3)=N[C@@H]3CS(=O)(=O)C[C@@H]32)c1. The van der Waals surface area contributed by atoms with Crippen LogP contribution in [0.25, 0.3) is 0 Å². The van der Waals surface area contributed by atoms with E-state index in [2.05, 4.69) is 4.90 Å². The van der Waals surface area contributed by atoms with E-state index in [1.165, 1.54) is 0 Å². The zero-order valence-electron chi connectivity index (χ0n) is 16.2. The first kappa shape index (κ1) is 20.1. The summed E-state index contributed by atoms with van der Waals surface area (Å²) in [5.41, 5.74) is 0.917. The monoisotopic (exact) mass is 432 g/mol. The minimum Gasteiger partial charge on any atom is -0.497 e. The zero-order valence-corrected chi connectivity index (χ0v) is 17.9. The molecule has 29 heavy (non-hydrogen) atoms. The Morgan fingerprint density at radius 1 is 1.10 bits per heavy atom. The molecule has 0 bridgehead atoms. The molecule has 0 N–H and O–H groups in total. The largest absolute Gasteiger partial charge is 0.497 e. The van der Waals surface area contributed by atoms with Crippen LogP contribution in [0, 0.1) is 0 Å². The minimum absolute atomic E-state index is 0.124. The highest BCUT2D eigenvalue weighted by atomic mass is 32.2. The Hall–Kier alpha value is -2.19. The molecule has 154 valence electrons. The maximum atomic E-state index is 12.1. The van der Waals surface area contributed by atoms with Gasteiger partial charge in [0.15, 0.2) is 15.0 Å². The molecule has 2 heterocycles. The van der Waals surface area contributed by atoms with Crippen molar-refractivity contribution < 1.29 is 17.9 Å². The van der Waals surface area contributed by atoms with Gasteiger partial charge in [0.2, 0.25) is 0 Å². The lowest BCUT2D eigenvalue weighted by atomic mass is 10.1. The quantitative estimate of drug-likeness (QED) is 0.626. The summed E-state index contributed by atoms with van der Waals surface area (Å²) in [5, 5.41) is 0.878. The van der Waals surface area contributed by atoms with Crippen molar-refractivity contribution in [2.24, 2.45) is 4.99 Å². The standard InChI is InChI=1S/C21H24N2O4S2/c1-26-18-10-5-7-16(13-18)23-20-15-29(24,25)14-19(20)22-21(23)28-12-6-11-27-17-8-3-2-4-9-17/h2-5,7-10,13,19-20H,6,11-12,14-15H2,1H3/t19-,20+/m1/s1. The number of rotatable bonds is 7. The zero-order chi connectivity index (χ0) is 20.3. The van der Waals surface area contributed by atoms with Crippen LogP contribution in [-0.4, -0.2) is 56.6 Å². The van der Waals surface area contributed by atoms with E-state index in [1.807, 2.05) is 54.6 Å². The Labute approximate surface area is 175 Å². The third-order valence-electron chi connectivity index (χ3n) is 4.97. The molecule has 0 spiro atoms. The molecule has 0 unspecified atom stereocenters. The second-order valence-electron chi connectivity index (χ2n) is 7.06. The smallest absolute Gasteiger partial charge is 0.164 e. The van der Waals surface area contributed by atoms with Gasteiger partial charge >= 0.3 is 0 Å². The van der Waals surface area contributed by atoms with Gasteiger partial charge in [-0.1, -0.05) is 36.0 Å². The summed E-state index contributed by atoms with van der Waals surface area (Å²) in [4.78, 5) is 6.83. The van der Waals surface area contributed by atoms with E-state index in [0.29, 0.717) is 6.61 Å². The second-order valence-corrected chi connectivity index (χ2v) is 10.3. The lowest BCUT2D eigenvalue weighted by Gasteiger charge is -2.26. The van der Waals surface area contributed by atoms with Crippen molar-refractivity contribution in [2.45, 2.75) is 18.5 Å². The summed E-state index contributed by atoms with van der Waals surface area (Å²) in [6.07, 6.45) is 0.873. The fourth-order valence-corrected chi connectivity index (χ4v) is 6.50. The Morgan fingerprint density at radius 2 is 1.90 bits per heavy atom. The topological polar surface area (TPSA) is 68.2 Å². The molecule has 4 rings (SSSR count). The third kappa shape index (κ3) is 4.70. The summed E-state index contributed by atoms with van der Waals surface area (Å²) in [5.74, 6) is 2.72. The second kappa shape index (κ2) is 8.67. The van der Waals surface area contributed by atoms with Gasteiger partial charge in [-0.05, 0) is 30.7 Å². The minimum atomic E-state index is -3.05. The van der Waals surface area contributed by atoms with Gasteiger partial charge in [0.05, 0.1) is 37.3 Å². The highest BCUT2D eigenvalue weighted by Crippen LogP contribution is 2.36. The van der Waals surface area contributed by atoms with Crippen LogP contribution in [-0.2, 0) is 9.84 Å². The number of hydrogen-bond acceptors (Lipinski definition) is 7. The van der Waals surface area contributed by atoms with E-state index in [-0.39, 0.29) is 23.6 Å². The molecule has 1 saturated heterocycles. The van der Waals surface area contributed by atoms with Crippen molar-refractivity contribution in [1.29, 1.82) is 0 Å². The van der Waals surface area contributed by atoms with Gasteiger partial charge in [0.1, 0.15) is 11.5 Å². The normalized spacial score (nSPS) is 22.2. The number of hydrogen-bond donors (Lipinski definition) is 0. The van der Waals surface area contributed by atoms with Crippen LogP contribution in [0.15, 0.2) is 59.6 Å². The van der Waals surface area contributed by atoms with E-state index >= 15 is 0 Å². The molecule has 2 aliphatic rings. The fourth-order valence-electron chi connectivity index (χ4n) is 3.62. The molecule has 2 aromatic rings. The maximum absolute atomic E-state index is 12.1. The highest BCUT2D eigenvalue weighted by molar-refractivity contribution is 8.14. The predicted octanol–water partition coefficient (Wildman–Crippen LogP) is 3.24. The number of para-hydroxylation sites is 1. The van der Waals surface area contributed by atoms with Crippen LogP contribution in [0.4, 0.5) is 5.69 Å². The average Bonchev–Trinajstić information content (AvgIpc) is 3.19. The van der Waals surface area contributed by atoms with Gasteiger partial charge in [-0.3, -0.25) is 4.99 Å². The third-order valence-corrected chi connectivity index (χ3v) is 7.72. The van der Waals surface area contributed by atoms with E-state index in [0.717, 1.165) is 34.5 Å². The number of ether oxygens (including phenoxy) is 2. The summed E-state index contributed by atoms with van der Waals surface area (Å²) in [6.45, 7) is 0.630. The Morgan fingerprint density at radius 3 is 2.69 bits per heavy atom. The number of nitrogens with zero attached hydrogens (tertiary/aromatic N) is 2. The molecule has 2 atom stereocenters. The number of sulfone groups is 1. The maximum Gasteiger partial charge on any atom is 0.164 e. The molecule has 8 heteroatoms. The average molecular weight is 433 g/mol. The van der Waals surface area contributed by atoms with Crippen LogP contribution in [0.3, 0.4) is 0 Å². The predicted molar refractivity (Wildman–Crippen MR) is 118 cm³/mol. The molecular formula is C21H24N2O4S2. The number of benzene rings is 2. The van der Waals surface area contributed by atoms with Crippen molar-refractivity contribution in [2.75, 3.05) is 35.9 Å². The summed E-state index contributed by atoms with van der Waals surface area (Å²) in [7, 11) is -1.43. The Bertz CT molecular complexity index is 979. The number of anilines is 1. The van der Waals surface area contributed by atoms with Gasteiger partial charge in [-0.15, -0.1) is 0 Å². The van der Waals surface area contributed by atoms with E-state index in [1.54, 1.807) is 18.9 Å². The molecule has 0 amide bonds. The molecule has 6 nitrogen and oxygen atoms in total. The number of fused-ring (bicyclic) bond motifs is 1. The number of aliphatic imine (C=N–C) groups is 1. The molecule has 2 aliphatic heterocycles. The van der Waals surface area contributed by atoms with Crippen LogP contribution in [0.1, 0.15) is 6.42 Å². The van der Waals surface area contributed by atoms with Crippen LogP contribution in [0.5, 0.6) is 11.5 Å². The molecule has 0 aromatic heterocycles. The van der Waals surface area contributed by atoms with Crippen LogP contribution in [0.2, 0.25) is 0 Å². The van der Waals surface area contributed by atoms with E-state index < -0.39 is 9.84 Å². The molecule has 2 aromatic carbocycles. The van der Waals surface area contributed by atoms with Crippen molar-refractivity contribution >= 4 is 32.5 Å². The highest BCUT2D eigenvalue weighted by Gasteiger charge is 2.47. The molecule has 0 radical (unpaired) electrons. The van der Waals surface area contributed by atoms with E-state index in [9.17, 15) is 8.42 Å². The van der Waals surface area contributed by atoms with Gasteiger partial charge in [0, 0.05) is 17.5 Å². The van der Waals surface area contributed by atoms with Gasteiger partial charge in [-0.2, -0.15) is 0 Å².